The second-order valence-corrected chi connectivity index (χ2v) is 8.90. The number of hydrogen-bond acceptors (Lipinski definition) is 4. The van der Waals surface area contributed by atoms with Crippen LogP contribution in [0.3, 0.4) is 0 Å². The zero-order valence-corrected chi connectivity index (χ0v) is 19.5. The summed E-state index contributed by atoms with van der Waals surface area (Å²) in [5.41, 5.74) is 8.40. The summed E-state index contributed by atoms with van der Waals surface area (Å²) < 4.78 is 5.75. The SMILES string of the molecule is COc1cc(-c2cnc3[nH]cc(-c4ccc(C(=O)N(C)C)cc4)c3c2)cc2c1CCN(C)C2. The number of carbonyl (C=O) groups excluding carboxylic acids is 1. The van der Waals surface area contributed by atoms with Gasteiger partial charge in [0.2, 0.25) is 0 Å². The van der Waals surface area contributed by atoms with Gasteiger partial charge in [0.15, 0.2) is 0 Å². The van der Waals surface area contributed by atoms with Crippen molar-refractivity contribution in [3.8, 4) is 28.0 Å². The lowest BCUT2D eigenvalue weighted by atomic mass is 9.93. The molecule has 0 atom stereocenters. The number of aromatic amines is 1. The van der Waals surface area contributed by atoms with Crippen molar-refractivity contribution in [1.29, 1.82) is 0 Å². The van der Waals surface area contributed by atoms with E-state index in [1.54, 1.807) is 26.1 Å². The lowest BCUT2D eigenvalue weighted by Gasteiger charge is -2.27. The molecule has 1 aliphatic heterocycles. The average molecular weight is 441 g/mol. The van der Waals surface area contributed by atoms with Gasteiger partial charge in [-0.25, -0.2) is 4.98 Å². The van der Waals surface area contributed by atoms with Crippen molar-refractivity contribution in [1.82, 2.24) is 19.8 Å². The van der Waals surface area contributed by atoms with Crippen molar-refractivity contribution in [3.05, 3.63) is 71.5 Å². The minimum absolute atomic E-state index is 0.00330. The summed E-state index contributed by atoms with van der Waals surface area (Å²) in [5.74, 6) is 0.947. The molecule has 168 valence electrons. The van der Waals surface area contributed by atoms with E-state index in [4.69, 9.17) is 4.74 Å². The number of fused-ring (bicyclic) bond motifs is 2. The minimum Gasteiger partial charge on any atom is -0.496 e. The number of methoxy groups -OCH3 is 1. The predicted molar refractivity (Wildman–Crippen MR) is 132 cm³/mol. The number of H-pyrrole nitrogens is 1. The Bertz CT molecular complexity index is 1340. The van der Waals surface area contributed by atoms with Crippen molar-refractivity contribution in [2.75, 3.05) is 34.8 Å². The molecule has 1 N–H and O–H groups in total. The lowest BCUT2D eigenvalue weighted by molar-refractivity contribution is 0.0827. The largest absolute Gasteiger partial charge is 0.496 e. The molecule has 0 radical (unpaired) electrons. The summed E-state index contributed by atoms with van der Waals surface area (Å²) in [6.07, 6.45) is 4.89. The highest BCUT2D eigenvalue weighted by atomic mass is 16.5. The van der Waals surface area contributed by atoms with Crippen molar-refractivity contribution < 1.29 is 9.53 Å². The zero-order chi connectivity index (χ0) is 23.1. The van der Waals surface area contributed by atoms with Crippen LogP contribution in [0.25, 0.3) is 33.3 Å². The van der Waals surface area contributed by atoms with Gasteiger partial charge in [0.25, 0.3) is 5.91 Å². The average Bonchev–Trinajstić information content (AvgIpc) is 3.26. The number of nitrogens with zero attached hydrogens (tertiary/aromatic N) is 3. The van der Waals surface area contributed by atoms with Gasteiger partial charge in [0, 0.05) is 61.7 Å². The maximum atomic E-state index is 12.2. The van der Waals surface area contributed by atoms with Crippen LogP contribution in [-0.2, 0) is 13.0 Å². The zero-order valence-electron chi connectivity index (χ0n) is 19.5. The summed E-state index contributed by atoms with van der Waals surface area (Å²) in [4.78, 5) is 24.1. The van der Waals surface area contributed by atoms with Gasteiger partial charge in [-0.15, -0.1) is 0 Å². The summed E-state index contributed by atoms with van der Waals surface area (Å²) in [5, 5.41) is 1.05. The van der Waals surface area contributed by atoms with Crippen LogP contribution >= 0.6 is 0 Å². The van der Waals surface area contributed by atoms with E-state index in [-0.39, 0.29) is 5.91 Å². The molecule has 6 nitrogen and oxygen atoms in total. The molecular formula is C27H28N4O2. The van der Waals surface area contributed by atoms with Crippen LogP contribution in [-0.4, -0.2) is 60.5 Å². The second kappa shape index (κ2) is 8.37. The first-order chi connectivity index (χ1) is 15.9. The Hall–Kier alpha value is -3.64. The molecule has 0 aliphatic carbocycles. The Morgan fingerprint density at radius 1 is 1.09 bits per heavy atom. The van der Waals surface area contributed by atoms with Gasteiger partial charge >= 0.3 is 0 Å². The van der Waals surface area contributed by atoms with E-state index in [0.717, 1.165) is 58.5 Å². The molecule has 33 heavy (non-hydrogen) atoms. The predicted octanol–water partition coefficient (Wildman–Crippen LogP) is 4.60. The maximum Gasteiger partial charge on any atom is 0.253 e. The van der Waals surface area contributed by atoms with Crippen LogP contribution in [0.1, 0.15) is 21.5 Å². The van der Waals surface area contributed by atoms with Gasteiger partial charge in [-0.3, -0.25) is 4.79 Å². The van der Waals surface area contributed by atoms with E-state index in [2.05, 4.69) is 40.1 Å². The molecule has 1 amide bonds. The molecule has 1 aliphatic rings. The molecule has 6 heteroatoms. The molecular weight excluding hydrogens is 412 g/mol. The third kappa shape index (κ3) is 3.87. The maximum absolute atomic E-state index is 12.2. The molecule has 0 saturated carbocycles. The Morgan fingerprint density at radius 3 is 2.61 bits per heavy atom. The van der Waals surface area contributed by atoms with Gasteiger partial charge in [-0.2, -0.15) is 0 Å². The Labute approximate surface area is 193 Å². The first-order valence-corrected chi connectivity index (χ1v) is 11.1. The Kier molecular flexibility index (Phi) is 5.38. The topological polar surface area (TPSA) is 61.5 Å². The monoisotopic (exact) mass is 440 g/mol. The van der Waals surface area contributed by atoms with Crippen LogP contribution in [0.2, 0.25) is 0 Å². The number of aromatic nitrogens is 2. The fraction of sp³-hybridized carbons (Fsp3) is 0.259. The van der Waals surface area contributed by atoms with Crippen molar-refractivity contribution in [2.45, 2.75) is 13.0 Å². The lowest BCUT2D eigenvalue weighted by Crippen LogP contribution is -2.26. The number of ether oxygens (including phenoxy) is 1. The van der Waals surface area contributed by atoms with Crippen molar-refractivity contribution in [3.63, 3.8) is 0 Å². The fourth-order valence-electron chi connectivity index (χ4n) is 4.60. The van der Waals surface area contributed by atoms with Gasteiger partial charge in [-0.1, -0.05) is 12.1 Å². The number of nitrogens with one attached hydrogen (secondary N) is 1. The number of carbonyl (C=O) groups is 1. The van der Waals surface area contributed by atoms with Crippen LogP contribution in [0.15, 0.2) is 54.9 Å². The van der Waals surface area contributed by atoms with E-state index < -0.39 is 0 Å². The Morgan fingerprint density at radius 2 is 1.88 bits per heavy atom. The van der Waals surface area contributed by atoms with Crippen LogP contribution in [0.4, 0.5) is 0 Å². The third-order valence-electron chi connectivity index (χ3n) is 6.42. The molecule has 3 heterocycles. The van der Waals surface area contributed by atoms with Gasteiger partial charge < -0.3 is 19.5 Å². The molecule has 0 fully saturated rings. The molecule has 2 aromatic carbocycles. The van der Waals surface area contributed by atoms with E-state index in [9.17, 15) is 4.79 Å². The number of benzene rings is 2. The minimum atomic E-state index is -0.00330. The van der Waals surface area contributed by atoms with Crippen LogP contribution in [0, 0.1) is 0 Å². The summed E-state index contributed by atoms with van der Waals surface area (Å²) >= 11 is 0. The highest BCUT2D eigenvalue weighted by Crippen LogP contribution is 2.36. The van der Waals surface area contributed by atoms with Crippen LogP contribution in [0.5, 0.6) is 5.75 Å². The molecule has 0 unspecified atom stereocenters. The Balaban J connectivity index is 1.56. The van der Waals surface area contributed by atoms with E-state index >= 15 is 0 Å². The van der Waals surface area contributed by atoms with Gasteiger partial charge in [0.05, 0.1) is 7.11 Å². The molecule has 2 aromatic heterocycles. The van der Waals surface area contributed by atoms with Gasteiger partial charge in [-0.05, 0) is 66.1 Å². The number of likely N-dealkylation sites (N-methyl/N-ethyl adjacent to an activating group) is 1. The normalized spacial score (nSPS) is 13.7. The van der Waals surface area contributed by atoms with Gasteiger partial charge in [0.1, 0.15) is 11.4 Å². The van der Waals surface area contributed by atoms with Crippen molar-refractivity contribution in [2.24, 2.45) is 0 Å². The highest BCUT2D eigenvalue weighted by Gasteiger charge is 2.19. The number of amides is 1. The highest BCUT2D eigenvalue weighted by molar-refractivity contribution is 5.98. The van der Waals surface area contributed by atoms with E-state index in [1.165, 1.54) is 11.1 Å². The molecule has 0 bridgehead atoms. The summed E-state index contributed by atoms with van der Waals surface area (Å²) in [7, 11) is 7.42. The number of rotatable bonds is 4. The van der Waals surface area contributed by atoms with Crippen LogP contribution < -0.4 is 4.74 Å². The molecule has 0 saturated heterocycles. The quantitative estimate of drug-likeness (QED) is 0.504. The molecule has 5 rings (SSSR count). The third-order valence-corrected chi connectivity index (χ3v) is 6.42. The first-order valence-electron chi connectivity index (χ1n) is 11.1. The standard InChI is InChI=1S/C27H28N4O2/c1-30(2)27(32)18-7-5-17(6-8-18)24-15-29-26-23(24)12-20(14-28-26)19-11-21-16-31(3)10-9-22(21)25(13-19)33-4/h5-8,11-15H,9-10,16H2,1-4H3,(H,28,29). The summed E-state index contributed by atoms with van der Waals surface area (Å²) in [6, 6.07) is 14.3. The van der Waals surface area contributed by atoms with Crippen molar-refractivity contribution >= 4 is 16.9 Å². The fourth-order valence-corrected chi connectivity index (χ4v) is 4.60. The molecule has 0 spiro atoms. The van der Waals surface area contributed by atoms with E-state index in [0.29, 0.717) is 5.56 Å². The first kappa shape index (κ1) is 21.2. The van der Waals surface area contributed by atoms with E-state index in [1.807, 2.05) is 36.7 Å². The number of pyridine rings is 1. The second-order valence-electron chi connectivity index (χ2n) is 8.90. The molecule has 4 aromatic rings. The number of hydrogen-bond donors (Lipinski definition) is 1. The smallest absolute Gasteiger partial charge is 0.253 e. The summed E-state index contributed by atoms with van der Waals surface area (Å²) in [6.45, 7) is 1.96.